The average Bonchev–Trinajstić information content (AvgIpc) is 3.09. The molecule has 1 heterocycles. The SMILES string of the molecule is COc1ccc(C)cc1NC(=O)CNC(=O)CS[C@H](C)C(=O)Nc1cc(C)on1. The molecule has 0 fully saturated rings. The van der Waals surface area contributed by atoms with E-state index in [1.165, 1.54) is 7.11 Å². The van der Waals surface area contributed by atoms with Gasteiger partial charge in [0, 0.05) is 6.07 Å². The number of ether oxygens (including phenoxy) is 1. The van der Waals surface area contributed by atoms with E-state index in [0.29, 0.717) is 23.0 Å². The van der Waals surface area contributed by atoms with Gasteiger partial charge >= 0.3 is 0 Å². The van der Waals surface area contributed by atoms with E-state index in [1.807, 2.05) is 13.0 Å². The van der Waals surface area contributed by atoms with Crippen molar-refractivity contribution < 1.29 is 23.6 Å². The lowest BCUT2D eigenvalue weighted by molar-refractivity contribution is -0.122. The van der Waals surface area contributed by atoms with Crippen molar-refractivity contribution in [1.29, 1.82) is 0 Å². The second kappa shape index (κ2) is 10.5. The number of amides is 3. The number of nitrogens with one attached hydrogen (secondary N) is 3. The molecule has 1 aromatic heterocycles. The first-order valence-corrected chi connectivity index (χ1v) is 9.90. The third-order valence-electron chi connectivity index (χ3n) is 3.79. The first-order valence-electron chi connectivity index (χ1n) is 8.85. The summed E-state index contributed by atoms with van der Waals surface area (Å²) < 4.78 is 10.1. The highest BCUT2D eigenvalue weighted by Crippen LogP contribution is 2.24. The van der Waals surface area contributed by atoms with Crippen LogP contribution in [0.5, 0.6) is 5.75 Å². The molecular formula is C19H24N4O5S. The van der Waals surface area contributed by atoms with Crippen LogP contribution >= 0.6 is 11.8 Å². The molecule has 0 aliphatic heterocycles. The van der Waals surface area contributed by atoms with Gasteiger partial charge in [0.1, 0.15) is 11.5 Å². The third-order valence-corrected chi connectivity index (χ3v) is 4.93. The molecule has 0 aliphatic rings. The van der Waals surface area contributed by atoms with E-state index in [4.69, 9.17) is 9.26 Å². The van der Waals surface area contributed by atoms with Crippen LogP contribution in [0.4, 0.5) is 11.5 Å². The highest BCUT2D eigenvalue weighted by atomic mass is 32.2. The third kappa shape index (κ3) is 7.15. The Balaban J connectivity index is 1.73. The number of anilines is 2. The summed E-state index contributed by atoms with van der Waals surface area (Å²) in [5.74, 6) is 0.466. The fourth-order valence-electron chi connectivity index (χ4n) is 2.27. The molecule has 3 N–H and O–H groups in total. The molecule has 156 valence electrons. The summed E-state index contributed by atoms with van der Waals surface area (Å²) in [6.45, 7) is 5.11. The topological polar surface area (TPSA) is 123 Å². The van der Waals surface area contributed by atoms with Crippen molar-refractivity contribution in [3.8, 4) is 5.75 Å². The van der Waals surface area contributed by atoms with Gasteiger partial charge in [-0.2, -0.15) is 0 Å². The Morgan fingerprint density at radius 1 is 1.17 bits per heavy atom. The first-order chi connectivity index (χ1) is 13.8. The molecule has 1 atom stereocenters. The van der Waals surface area contributed by atoms with Gasteiger partial charge in [-0.15, -0.1) is 11.8 Å². The predicted octanol–water partition coefficient (Wildman–Crippen LogP) is 2.12. The molecule has 0 saturated heterocycles. The minimum absolute atomic E-state index is 0.0352. The summed E-state index contributed by atoms with van der Waals surface area (Å²) in [6, 6.07) is 7.01. The minimum atomic E-state index is -0.483. The fraction of sp³-hybridized carbons (Fsp3) is 0.368. The number of nitrogens with zero attached hydrogens (tertiary/aromatic N) is 1. The maximum absolute atomic E-state index is 12.1. The molecular weight excluding hydrogens is 396 g/mol. The number of aromatic nitrogens is 1. The number of hydrogen-bond donors (Lipinski definition) is 3. The fourth-order valence-corrected chi connectivity index (χ4v) is 2.99. The quantitative estimate of drug-likeness (QED) is 0.568. The van der Waals surface area contributed by atoms with Crippen LogP contribution < -0.4 is 20.7 Å². The van der Waals surface area contributed by atoms with Crippen molar-refractivity contribution in [2.45, 2.75) is 26.0 Å². The number of hydrogen-bond acceptors (Lipinski definition) is 7. The summed E-state index contributed by atoms with van der Waals surface area (Å²) in [4.78, 5) is 36.1. The lowest BCUT2D eigenvalue weighted by atomic mass is 10.2. The van der Waals surface area contributed by atoms with Crippen LogP contribution in [0.25, 0.3) is 0 Å². The molecule has 3 amide bonds. The van der Waals surface area contributed by atoms with E-state index >= 15 is 0 Å². The Kier molecular flexibility index (Phi) is 8.08. The zero-order valence-electron chi connectivity index (χ0n) is 16.7. The number of rotatable bonds is 9. The number of benzene rings is 1. The molecule has 2 rings (SSSR count). The van der Waals surface area contributed by atoms with Gasteiger partial charge in [-0.1, -0.05) is 11.2 Å². The highest BCUT2D eigenvalue weighted by Gasteiger charge is 2.17. The number of methoxy groups -OCH3 is 1. The molecule has 2 aromatic rings. The Hall–Kier alpha value is -3.01. The Morgan fingerprint density at radius 3 is 2.59 bits per heavy atom. The van der Waals surface area contributed by atoms with Crippen LogP contribution in [-0.2, 0) is 14.4 Å². The highest BCUT2D eigenvalue weighted by molar-refractivity contribution is 8.01. The zero-order valence-corrected chi connectivity index (χ0v) is 17.5. The Morgan fingerprint density at radius 2 is 1.93 bits per heavy atom. The van der Waals surface area contributed by atoms with Crippen LogP contribution in [0.1, 0.15) is 18.2 Å². The monoisotopic (exact) mass is 420 g/mol. The van der Waals surface area contributed by atoms with E-state index < -0.39 is 5.25 Å². The zero-order chi connectivity index (χ0) is 21.4. The standard InChI is InChI=1S/C19H24N4O5S/c1-11-5-6-15(27-4)14(7-11)21-17(24)9-20-18(25)10-29-13(3)19(26)22-16-8-12(2)28-23-16/h5-8,13H,9-10H2,1-4H3,(H,20,25)(H,21,24)(H,22,23,26)/t13-/m1/s1. The van der Waals surface area contributed by atoms with Crippen molar-refractivity contribution in [1.82, 2.24) is 10.5 Å². The van der Waals surface area contributed by atoms with Crippen molar-refractivity contribution in [3.63, 3.8) is 0 Å². The molecule has 0 unspecified atom stereocenters. The maximum Gasteiger partial charge on any atom is 0.243 e. The van der Waals surface area contributed by atoms with Crippen molar-refractivity contribution in [2.24, 2.45) is 0 Å². The van der Waals surface area contributed by atoms with Crippen LogP contribution in [0.2, 0.25) is 0 Å². The van der Waals surface area contributed by atoms with Crippen LogP contribution in [0.15, 0.2) is 28.8 Å². The van der Waals surface area contributed by atoms with Crippen molar-refractivity contribution in [3.05, 3.63) is 35.6 Å². The van der Waals surface area contributed by atoms with Crippen LogP contribution in [0.3, 0.4) is 0 Å². The number of aryl methyl sites for hydroxylation is 2. The maximum atomic E-state index is 12.1. The number of thioether (sulfide) groups is 1. The summed E-state index contributed by atoms with van der Waals surface area (Å²) in [5.41, 5.74) is 1.50. The van der Waals surface area contributed by atoms with Gasteiger partial charge in [0.15, 0.2) is 5.82 Å². The lowest BCUT2D eigenvalue weighted by Gasteiger charge is -2.12. The van der Waals surface area contributed by atoms with E-state index in [2.05, 4.69) is 21.1 Å². The van der Waals surface area contributed by atoms with Crippen LogP contribution in [0, 0.1) is 13.8 Å². The average molecular weight is 420 g/mol. The number of carbonyl (C=O) groups excluding carboxylic acids is 3. The molecule has 9 nitrogen and oxygen atoms in total. The van der Waals surface area contributed by atoms with Gasteiger partial charge in [-0.05, 0) is 38.5 Å². The van der Waals surface area contributed by atoms with Gasteiger partial charge in [-0.3, -0.25) is 14.4 Å². The summed E-state index contributed by atoms with van der Waals surface area (Å²) in [5, 5.41) is 11.0. The Labute approximate surface area is 172 Å². The van der Waals surface area contributed by atoms with E-state index in [-0.39, 0.29) is 30.0 Å². The Bertz CT molecular complexity index is 883. The van der Waals surface area contributed by atoms with Gasteiger partial charge in [-0.25, -0.2) is 0 Å². The van der Waals surface area contributed by atoms with Gasteiger partial charge in [0.05, 0.1) is 30.3 Å². The first kappa shape index (κ1) is 22.3. The molecule has 0 bridgehead atoms. The van der Waals surface area contributed by atoms with Crippen molar-refractivity contribution >= 4 is 41.0 Å². The molecule has 0 radical (unpaired) electrons. The lowest BCUT2D eigenvalue weighted by Crippen LogP contribution is -2.34. The van der Waals surface area contributed by atoms with Crippen molar-refractivity contribution in [2.75, 3.05) is 30.0 Å². The summed E-state index contributed by atoms with van der Waals surface area (Å²) >= 11 is 1.15. The van der Waals surface area contributed by atoms with Gasteiger partial charge in [0.2, 0.25) is 17.7 Å². The van der Waals surface area contributed by atoms with Gasteiger partial charge in [0.25, 0.3) is 0 Å². The van der Waals surface area contributed by atoms with E-state index in [9.17, 15) is 14.4 Å². The molecule has 29 heavy (non-hydrogen) atoms. The molecule has 0 spiro atoms. The predicted molar refractivity (Wildman–Crippen MR) is 111 cm³/mol. The number of carbonyl (C=O) groups is 3. The van der Waals surface area contributed by atoms with E-state index in [1.54, 1.807) is 32.0 Å². The largest absolute Gasteiger partial charge is 0.495 e. The van der Waals surface area contributed by atoms with Gasteiger partial charge < -0.3 is 25.2 Å². The van der Waals surface area contributed by atoms with Crippen LogP contribution in [-0.4, -0.2) is 47.5 Å². The molecule has 0 aliphatic carbocycles. The molecule has 0 saturated carbocycles. The summed E-state index contributed by atoms with van der Waals surface area (Å²) in [6.07, 6.45) is 0. The molecule has 1 aromatic carbocycles. The second-order valence-electron chi connectivity index (χ2n) is 6.29. The second-order valence-corrected chi connectivity index (χ2v) is 7.62. The van der Waals surface area contributed by atoms with E-state index in [0.717, 1.165) is 17.3 Å². The molecule has 10 heteroatoms. The minimum Gasteiger partial charge on any atom is -0.495 e. The summed E-state index contributed by atoms with van der Waals surface area (Å²) in [7, 11) is 1.51. The smallest absolute Gasteiger partial charge is 0.243 e. The normalized spacial score (nSPS) is 11.4.